The maximum absolute atomic E-state index is 12.4. The SMILES string of the molecule is CS(=O)(=O)N1CCc2cc(C(=O)NCCc3cn4ccccc4n3)ccc21. The highest BCUT2D eigenvalue weighted by atomic mass is 32.2. The fourth-order valence-electron chi connectivity index (χ4n) is 3.37. The second-order valence-electron chi connectivity index (χ2n) is 6.63. The van der Waals surface area contributed by atoms with Crippen LogP contribution >= 0.6 is 0 Å². The normalized spacial score (nSPS) is 13.7. The van der Waals surface area contributed by atoms with Crippen LogP contribution in [0.2, 0.25) is 0 Å². The molecule has 27 heavy (non-hydrogen) atoms. The minimum Gasteiger partial charge on any atom is -0.352 e. The average Bonchev–Trinajstić information content (AvgIpc) is 3.24. The number of aromatic nitrogens is 2. The summed E-state index contributed by atoms with van der Waals surface area (Å²) in [6, 6.07) is 11.0. The number of sulfonamides is 1. The number of fused-ring (bicyclic) bond motifs is 2. The molecule has 0 atom stereocenters. The molecule has 0 bridgehead atoms. The van der Waals surface area contributed by atoms with Gasteiger partial charge in [-0.1, -0.05) is 6.07 Å². The van der Waals surface area contributed by atoms with Gasteiger partial charge in [0.2, 0.25) is 10.0 Å². The molecule has 4 rings (SSSR count). The van der Waals surface area contributed by atoms with E-state index >= 15 is 0 Å². The Kier molecular flexibility index (Phi) is 4.35. The molecule has 1 aromatic carbocycles. The van der Waals surface area contributed by atoms with E-state index in [-0.39, 0.29) is 5.91 Å². The second kappa shape index (κ2) is 6.70. The Bertz CT molecular complexity index is 1090. The first kappa shape index (κ1) is 17.5. The van der Waals surface area contributed by atoms with Crippen molar-refractivity contribution in [2.24, 2.45) is 0 Å². The van der Waals surface area contributed by atoms with E-state index in [4.69, 9.17) is 0 Å². The van der Waals surface area contributed by atoms with Crippen LogP contribution in [0.3, 0.4) is 0 Å². The third-order valence-electron chi connectivity index (χ3n) is 4.68. The lowest BCUT2D eigenvalue weighted by molar-refractivity contribution is 0.0954. The quantitative estimate of drug-likeness (QED) is 0.725. The number of nitrogens with one attached hydrogen (secondary N) is 1. The number of hydrogen-bond donors (Lipinski definition) is 1. The fourth-order valence-corrected chi connectivity index (χ4v) is 4.33. The van der Waals surface area contributed by atoms with E-state index in [1.165, 1.54) is 10.6 Å². The van der Waals surface area contributed by atoms with Crippen molar-refractivity contribution in [1.29, 1.82) is 0 Å². The van der Waals surface area contributed by atoms with Gasteiger partial charge in [-0.2, -0.15) is 0 Å². The Morgan fingerprint density at radius 1 is 1.26 bits per heavy atom. The number of nitrogens with zero attached hydrogens (tertiary/aromatic N) is 3. The van der Waals surface area contributed by atoms with Gasteiger partial charge in [0.1, 0.15) is 5.65 Å². The molecule has 0 radical (unpaired) electrons. The van der Waals surface area contributed by atoms with Crippen LogP contribution in [-0.2, 0) is 22.9 Å². The number of benzene rings is 1. The summed E-state index contributed by atoms with van der Waals surface area (Å²) >= 11 is 0. The highest BCUT2D eigenvalue weighted by Crippen LogP contribution is 2.30. The van der Waals surface area contributed by atoms with Gasteiger partial charge in [-0.25, -0.2) is 13.4 Å². The molecule has 3 aromatic rings. The van der Waals surface area contributed by atoms with Gasteiger partial charge in [0.15, 0.2) is 0 Å². The highest BCUT2D eigenvalue weighted by Gasteiger charge is 2.26. The molecule has 1 amide bonds. The summed E-state index contributed by atoms with van der Waals surface area (Å²) in [4.78, 5) is 16.9. The number of amides is 1. The van der Waals surface area contributed by atoms with Gasteiger partial charge in [0.25, 0.3) is 5.91 Å². The zero-order valence-corrected chi connectivity index (χ0v) is 15.7. The van der Waals surface area contributed by atoms with Crippen LogP contribution in [0, 0.1) is 0 Å². The van der Waals surface area contributed by atoms with Crippen LogP contribution in [0.5, 0.6) is 0 Å². The molecule has 0 aliphatic carbocycles. The van der Waals surface area contributed by atoms with Gasteiger partial charge in [-0.3, -0.25) is 9.10 Å². The Labute approximate surface area is 157 Å². The van der Waals surface area contributed by atoms with Crippen molar-refractivity contribution in [3.8, 4) is 0 Å². The zero-order chi connectivity index (χ0) is 19.0. The summed E-state index contributed by atoms with van der Waals surface area (Å²) in [7, 11) is -3.28. The van der Waals surface area contributed by atoms with Crippen LogP contribution < -0.4 is 9.62 Å². The number of carbonyl (C=O) groups is 1. The van der Waals surface area contributed by atoms with Crippen molar-refractivity contribution in [3.05, 3.63) is 65.6 Å². The third kappa shape index (κ3) is 3.52. The number of carbonyl (C=O) groups excluding carboxylic acids is 1. The van der Waals surface area contributed by atoms with Crippen molar-refractivity contribution >= 4 is 27.3 Å². The summed E-state index contributed by atoms with van der Waals surface area (Å²) in [6.07, 6.45) is 6.35. The number of pyridine rings is 1. The maximum atomic E-state index is 12.4. The molecule has 0 saturated heterocycles. The van der Waals surface area contributed by atoms with Crippen molar-refractivity contribution in [2.45, 2.75) is 12.8 Å². The smallest absolute Gasteiger partial charge is 0.251 e. The first-order chi connectivity index (χ1) is 12.9. The Balaban J connectivity index is 1.40. The molecule has 8 heteroatoms. The molecule has 140 valence electrons. The Hall–Kier alpha value is -2.87. The minimum atomic E-state index is -3.28. The first-order valence-corrected chi connectivity index (χ1v) is 10.6. The van der Waals surface area contributed by atoms with Crippen LogP contribution in [0.25, 0.3) is 5.65 Å². The average molecular weight is 384 g/mol. The second-order valence-corrected chi connectivity index (χ2v) is 8.54. The molecule has 0 unspecified atom stereocenters. The fraction of sp³-hybridized carbons (Fsp3) is 0.263. The van der Waals surface area contributed by atoms with E-state index in [0.29, 0.717) is 37.2 Å². The number of hydrogen-bond acceptors (Lipinski definition) is 4. The molecule has 2 aromatic heterocycles. The molecule has 1 N–H and O–H groups in total. The predicted molar refractivity (Wildman–Crippen MR) is 104 cm³/mol. The van der Waals surface area contributed by atoms with Gasteiger partial charge < -0.3 is 9.72 Å². The molecule has 0 spiro atoms. The highest BCUT2D eigenvalue weighted by molar-refractivity contribution is 7.92. The molecule has 0 saturated carbocycles. The molecule has 0 fully saturated rings. The van der Waals surface area contributed by atoms with E-state index in [0.717, 1.165) is 16.9 Å². The standard InChI is InChI=1S/C19H20N4O3S/c1-27(25,26)23-11-8-14-12-15(5-6-17(14)23)19(24)20-9-7-16-13-22-10-3-2-4-18(22)21-16/h2-6,10,12-13H,7-9,11H2,1H3,(H,20,24). The lowest BCUT2D eigenvalue weighted by atomic mass is 10.1. The zero-order valence-electron chi connectivity index (χ0n) is 14.9. The van der Waals surface area contributed by atoms with E-state index in [2.05, 4.69) is 10.3 Å². The van der Waals surface area contributed by atoms with Gasteiger partial charge in [0, 0.05) is 37.5 Å². The predicted octanol–water partition coefficient (Wildman–Crippen LogP) is 1.63. The van der Waals surface area contributed by atoms with E-state index in [9.17, 15) is 13.2 Å². The largest absolute Gasteiger partial charge is 0.352 e. The molecule has 7 nitrogen and oxygen atoms in total. The summed E-state index contributed by atoms with van der Waals surface area (Å²) in [6.45, 7) is 0.905. The molecular formula is C19H20N4O3S. The lowest BCUT2D eigenvalue weighted by Gasteiger charge is -2.16. The van der Waals surface area contributed by atoms with Crippen molar-refractivity contribution in [3.63, 3.8) is 0 Å². The lowest BCUT2D eigenvalue weighted by Crippen LogP contribution is -2.27. The van der Waals surface area contributed by atoms with Crippen LogP contribution in [0.4, 0.5) is 5.69 Å². The van der Waals surface area contributed by atoms with Gasteiger partial charge in [-0.05, 0) is 42.3 Å². The van der Waals surface area contributed by atoms with E-state index < -0.39 is 10.0 Å². The maximum Gasteiger partial charge on any atom is 0.251 e. The van der Waals surface area contributed by atoms with E-state index in [1.54, 1.807) is 18.2 Å². The third-order valence-corrected chi connectivity index (χ3v) is 5.86. The molecule has 1 aliphatic rings. The van der Waals surface area contributed by atoms with Gasteiger partial charge >= 0.3 is 0 Å². The van der Waals surface area contributed by atoms with Crippen molar-refractivity contribution < 1.29 is 13.2 Å². The topological polar surface area (TPSA) is 83.8 Å². The first-order valence-electron chi connectivity index (χ1n) is 8.73. The summed E-state index contributed by atoms with van der Waals surface area (Å²) in [5.74, 6) is -0.167. The van der Waals surface area contributed by atoms with Crippen molar-refractivity contribution in [2.75, 3.05) is 23.7 Å². The number of rotatable bonds is 5. The molecular weight excluding hydrogens is 364 g/mol. The van der Waals surface area contributed by atoms with E-state index in [1.807, 2.05) is 35.0 Å². The minimum absolute atomic E-state index is 0.167. The van der Waals surface area contributed by atoms with Crippen molar-refractivity contribution in [1.82, 2.24) is 14.7 Å². The van der Waals surface area contributed by atoms with Crippen LogP contribution in [0.15, 0.2) is 48.8 Å². The molecule has 3 heterocycles. The number of imidazole rings is 1. The van der Waals surface area contributed by atoms with Crippen LogP contribution in [0.1, 0.15) is 21.6 Å². The summed E-state index contributed by atoms with van der Waals surface area (Å²) in [5, 5.41) is 2.90. The monoisotopic (exact) mass is 384 g/mol. The molecule has 1 aliphatic heterocycles. The van der Waals surface area contributed by atoms with Crippen LogP contribution in [-0.4, -0.2) is 43.1 Å². The van der Waals surface area contributed by atoms with Gasteiger partial charge in [-0.15, -0.1) is 0 Å². The summed E-state index contributed by atoms with van der Waals surface area (Å²) < 4.78 is 26.9. The summed E-state index contributed by atoms with van der Waals surface area (Å²) in [5.41, 5.74) is 3.89. The van der Waals surface area contributed by atoms with Gasteiger partial charge in [0.05, 0.1) is 17.6 Å². The Morgan fingerprint density at radius 2 is 2.11 bits per heavy atom. The number of anilines is 1. The Morgan fingerprint density at radius 3 is 2.89 bits per heavy atom.